The molecule has 2 bridgehead atoms. The third kappa shape index (κ3) is 8.36. The molecule has 178 valence electrons. The summed E-state index contributed by atoms with van der Waals surface area (Å²) >= 11 is 0. The summed E-state index contributed by atoms with van der Waals surface area (Å²) < 4.78 is 60.9. The molecule has 3 aliphatic heterocycles. The molecule has 0 aliphatic carbocycles. The van der Waals surface area contributed by atoms with Crippen LogP contribution in [0, 0.1) is 0 Å². The zero-order chi connectivity index (χ0) is 23.1. The highest BCUT2D eigenvalue weighted by molar-refractivity contribution is 6.91. The van der Waals surface area contributed by atoms with Crippen LogP contribution < -0.4 is 0 Å². The quantitative estimate of drug-likeness (QED) is 0.379. The molecule has 0 aromatic carbocycles. The Morgan fingerprint density at radius 2 is 1.40 bits per heavy atom. The molecule has 3 fully saturated rings. The second-order valence-corrected chi connectivity index (χ2v) is 30.9. The fourth-order valence-electron chi connectivity index (χ4n) is 3.27. The lowest BCUT2D eigenvalue weighted by molar-refractivity contribution is 0.0891. The van der Waals surface area contributed by atoms with Crippen molar-refractivity contribution in [1.29, 1.82) is 0 Å². The number of hydrogen-bond donors (Lipinski definition) is 2. The molecule has 0 spiro atoms. The topological polar surface area (TPSA) is 133 Å². The zero-order valence-electron chi connectivity index (χ0n) is 19.0. The molecular formula is C9H34O12Si9. The maximum Gasteiger partial charge on any atom is 0.478 e. The Morgan fingerprint density at radius 3 is 1.90 bits per heavy atom. The van der Waals surface area contributed by atoms with Crippen molar-refractivity contribution in [2.24, 2.45) is 0 Å². The van der Waals surface area contributed by atoms with Gasteiger partial charge in [0.05, 0.1) is 0 Å². The Bertz CT molecular complexity index is 612. The van der Waals surface area contributed by atoms with Gasteiger partial charge in [0.2, 0.25) is 0 Å². The van der Waals surface area contributed by atoms with E-state index in [0.717, 1.165) is 0 Å². The fraction of sp³-hybridized carbons (Fsp3) is 1.00. The molecule has 21 heteroatoms. The molecule has 0 saturated carbocycles. The minimum absolute atomic E-state index is 0.942. The van der Waals surface area contributed by atoms with Crippen LogP contribution in [0.4, 0.5) is 0 Å². The van der Waals surface area contributed by atoms with Crippen molar-refractivity contribution in [3.8, 4) is 0 Å². The van der Waals surface area contributed by atoms with Crippen molar-refractivity contribution in [3.63, 3.8) is 0 Å². The van der Waals surface area contributed by atoms with Crippen molar-refractivity contribution >= 4 is 81.6 Å². The van der Waals surface area contributed by atoms with E-state index >= 15 is 0 Å². The molecular weight excluding hydrogens is 553 g/mol. The average Bonchev–Trinajstić information content (AvgIpc) is 2.38. The molecule has 3 saturated heterocycles. The van der Waals surface area contributed by atoms with Crippen LogP contribution in [0.25, 0.3) is 0 Å². The molecule has 0 amide bonds. The van der Waals surface area contributed by atoms with Crippen LogP contribution in [0.2, 0.25) is 58.9 Å². The highest BCUT2D eigenvalue weighted by Gasteiger charge is 2.62. The minimum Gasteiger partial charge on any atom is -0.423 e. The van der Waals surface area contributed by atoms with Crippen LogP contribution in [-0.2, 0) is 41.2 Å². The van der Waals surface area contributed by atoms with Gasteiger partial charge in [-0.1, -0.05) is 6.55 Å². The predicted molar refractivity (Wildman–Crippen MR) is 127 cm³/mol. The highest BCUT2D eigenvalue weighted by Crippen LogP contribution is 2.33. The molecule has 0 radical (unpaired) electrons. The van der Waals surface area contributed by atoms with Gasteiger partial charge in [0.1, 0.15) is 9.76 Å². The van der Waals surface area contributed by atoms with Gasteiger partial charge in [0, 0.05) is 32.7 Å². The number of rotatable bonds is 4. The summed E-state index contributed by atoms with van der Waals surface area (Å²) in [6, 6.07) is 0. The van der Waals surface area contributed by atoms with E-state index in [-0.39, 0.29) is 0 Å². The summed E-state index contributed by atoms with van der Waals surface area (Å²) in [4.78, 5) is 21.2. The second-order valence-electron chi connectivity index (χ2n) is 7.95. The van der Waals surface area contributed by atoms with E-state index in [1.807, 2.05) is 6.55 Å². The summed E-state index contributed by atoms with van der Waals surface area (Å²) in [5, 5.41) is 0. The van der Waals surface area contributed by atoms with E-state index in [1.165, 1.54) is 6.55 Å². The van der Waals surface area contributed by atoms with Crippen LogP contribution in [0.1, 0.15) is 0 Å². The van der Waals surface area contributed by atoms with Crippen molar-refractivity contribution in [2.45, 2.75) is 58.9 Å². The molecule has 3 heterocycles. The lowest BCUT2D eigenvalue weighted by atomic mass is 11.9. The normalized spacial score (nSPS) is 47.9. The molecule has 3 rings (SSSR count). The maximum absolute atomic E-state index is 10.8. The zero-order valence-corrected chi connectivity index (χ0v) is 29.0. The van der Waals surface area contributed by atoms with Gasteiger partial charge in [-0.2, -0.15) is 0 Å². The van der Waals surface area contributed by atoms with Crippen LogP contribution in [-0.4, -0.2) is 91.2 Å². The summed E-state index contributed by atoms with van der Waals surface area (Å²) in [6.45, 7) is 15.3. The van der Waals surface area contributed by atoms with Gasteiger partial charge in [0.25, 0.3) is 10.0 Å². The van der Waals surface area contributed by atoms with E-state index in [9.17, 15) is 9.59 Å². The Hall–Kier alpha value is 1.47. The van der Waals surface area contributed by atoms with Crippen LogP contribution in [0.15, 0.2) is 0 Å². The van der Waals surface area contributed by atoms with Gasteiger partial charge in [-0.25, -0.2) is 0 Å². The van der Waals surface area contributed by atoms with Crippen LogP contribution >= 0.6 is 0 Å². The first-order chi connectivity index (χ1) is 13.4. The van der Waals surface area contributed by atoms with Crippen LogP contribution in [0.5, 0.6) is 0 Å². The second kappa shape index (κ2) is 9.61. The van der Waals surface area contributed by atoms with Gasteiger partial charge in [-0.3, -0.25) is 0 Å². The van der Waals surface area contributed by atoms with Crippen molar-refractivity contribution < 1.29 is 50.7 Å². The van der Waals surface area contributed by atoms with E-state index < -0.39 is 81.6 Å². The van der Waals surface area contributed by atoms with Gasteiger partial charge < -0.3 is 50.7 Å². The standard InChI is InChI=1S/C9H34O12Si9/c1-22-12-27(6)19-29(8)15-24(2)16-30(9,20-27)21-28(7,17-25(3,4)10)14-23-13-26(5,11)18-29/h10-11,24H,22-23H2,1-9H3. The Kier molecular flexibility index (Phi) is 8.88. The van der Waals surface area contributed by atoms with Gasteiger partial charge in [-0.15, -0.1) is 0 Å². The minimum atomic E-state index is -3.67. The number of hydrogen-bond acceptors (Lipinski definition) is 12. The SMILES string of the molecule is C[SiH2]O[Si]1(C)O[Si]2(C)O[SiH](C)O[Si](C)(O[Si](C)(O[Si](C)(C)O)O[SiH2]O[Si](C)(O)O2)O1. The largest absolute Gasteiger partial charge is 0.478 e. The van der Waals surface area contributed by atoms with Crippen molar-refractivity contribution in [3.05, 3.63) is 0 Å². The first-order valence-electron chi connectivity index (χ1n) is 9.63. The monoisotopic (exact) mass is 586 g/mol. The molecule has 0 aromatic heterocycles. The lowest BCUT2D eigenvalue weighted by Gasteiger charge is -2.47. The Morgan fingerprint density at radius 1 is 0.900 bits per heavy atom. The van der Waals surface area contributed by atoms with E-state index in [2.05, 4.69) is 0 Å². The van der Waals surface area contributed by atoms with E-state index in [0.29, 0.717) is 0 Å². The average molecular weight is 587 g/mol. The van der Waals surface area contributed by atoms with Crippen molar-refractivity contribution in [1.82, 2.24) is 0 Å². The van der Waals surface area contributed by atoms with Gasteiger partial charge in [-0.05, 0) is 19.6 Å². The predicted octanol–water partition coefficient (Wildman–Crippen LogP) is -1.31. The third-order valence-corrected chi connectivity index (χ3v) is 33.6. The summed E-state index contributed by atoms with van der Waals surface area (Å²) in [7, 11) is -25.5. The molecule has 12 nitrogen and oxygen atoms in total. The van der Waals surface area contributed by atoms with E-state index in [4.69, 9.17) is 41.2 Å². The molecule has 30 heavy (non-hydrogen) atoms. The van der Waals surface area contributed by atoms with Gasteiger partial charge >= 0.3 is 61.9 Å². The first-order valence-corrected chi connectivity index (χ1v) is 28.9. The summed E-state index contributed by atoms with van der Waals surface area (Å²) in [6.07, 6.45) is 0. The molecule has 6 atom stereocenters. The Labute approximate surface area is 190 Å². The van der Waals surface area contributed by atoms with Crippen LogP contribution in [0.3, 0.4) is 0 Å². The third-order valence-electron chi connectivity index (χ3n) is 3.74. The smallest absolute Gasteiger partial charge is 0.423 e. The molecule has 6 unspecified atom stereocenters. The molecule has 2 N–H and O–H groups in total. The number of fused-ring (bicyclic) bond motifs is 10. The van der Waals surface area contributed by atoms with Crippen molar-refractivity contribution in [2.75, 3.05) is 0 Å². The Balaban J connectivity index is 2.53. The highest BCUT2D eigenvalue weighted by atomic mass is 28.6. The summed E-state index contributed by atoms with van der Waals surface area (Å²) in [5.74, 6) is 0. The van der Waals surface area contributed by atoms with Gasteiger partial charge in [0.15, 0.2) is 0 Å². The summed E-state index contributed by atoms with van der Waals surface area (Å²) in [5.41, 5.74) is 0. The lowest BCUT2D eigenvalue weighted by Crippen LogP contribution is -2.71. The molecule has 3 aliphatic rings. The fourth-order valence-corrected chi connectivity index (χ4v) is 36.3. The maximum atomic E-state index is 10.8. The first kappa shape index (κ1) is 27.7. The molecule has 0 aromatic rings. The van der Waals surface area contributed by atoms with E-state index in [1.54, 1.807) is 45.8 Å².